The van der Waals surface area contributed by atoms with Crippen LogP contribution in [0.4, 0.5) is 5.69 Å². The number of carbonyl (C=O) groups excluding carboxylic acids is 1. The molecule has 6 nitrogen and oxygen atoms in total. The average molecular weight is 366 g/mol. The van der Waals surface area contributed by atoms with Crippen LogP contribution in [0.15, 0.2) is 46.7 Å². The largest absolute Gasteiger partial charge is 0.376 e. The van der Waals surface area contributed by atoms with E-state index in [4.69, 9.17) is 4.74 Å². The summed E-state index contributed by atoms with van der Waals surface area (Å²) < 4.78 is 32.3. The molecule has 2 heterocycles. The SMILES string of the molecule is CC1CN(S(=O)(=O)c2cccc(NC(=O)c3cccs3)c2)CCO1. The van der Waals surface area contributed by atoms with Crippen molar-refractivity contribution >= 4 is 33.0 Å². The summed E-state index contributed by atoms with van der Waals surface area (Å²) in [6, 6.07) is 9.83. The Morgan fingerprint density at radius 1 is 1.33 bits per heavy atom. The quantitative estimate of drug-likeness (QED) is 0.902. The summed E-state index contributed by atoms with van der Waals surface area (Å²) >= 11 is 1.33. The minimum Gasteiger partial charge on any atom is -0.376 e. The number of carbonyl (C=O) groups is 1. The molecule has 1 fully saturated rings. The molecule has 1 amide bonds. The Morgan fingerprint density at radius 3 is 2.88 bits per heavy atom. The topological polar surface area (TPSA) is 75.7 Å². The zero-order valence-electron chi connectivity index (χ0n) is 13.1. The van der Waals surface area contributed by atoms with Gasteiger partial charge in [-0.3, -0.25) is 4.79 Å². The van der Waals surface area contributed by atoms with Crippen LogP contribution in [0.1, 0.15) is 16.6 Å². The van der Waals surface area contributed by atoms with E-state index < -0.39 is 10.0 Å². The first-order chi connectivity index (χ1) is 11.5. The first kappa shape index (κ1) is 17.1. The van der Waals surface area contributed by atoms with E-state index in [0.717, 1.165) is 0 Å². The molecular weight excluding hydrogens is 348 g/mol. The van der Waals surface area contributed by atoms with Gasteiger partial charge in [0.2, 0.25) is 10.0 Å². The Morgan fingerprint density at radius 2 is 2.17 bits per heavy atom. The van der Waals surface area contributed by atoms with Crippen LogP contribution >= 0.6 is 11.3 Å². The van der Waals surface area contributed by atoms with Gasteiger partial charge in [0, 0.05) is 18.8 Å². The smallest absolute Gasteiger partial charge is 0.265 e. The number of ether oxygens (including phenoxy) is 1. The maximum absolute atomic E-state index is 12.8. The minimum atomic E-state index is -3.60. The Kier molecular flexibility index (Phi) is 5.00. The first-order valence-electron chi connectivity index (χ1n) is 7.53. The number of thiophene rings is 1. The fraction of sp³-hybridized carbons (Fsp3) is 0.312. The number of nitrogens with zero attached hydrogens (tertiary/aromatic N) is 1. The lowest BCUT2D eigenvalue weighted by atomic mass is 10.3. The number of rotatable bonds is 4. The molecule has 1 aromatic heterocycles. The van der Waals surface area contributed by atoms with Crippen LogP contribution in [-0.4, -0.2) is 44.4 Å². The number of anilines is 1. The molecule has 1 saturated heterocycles. The number of nitrogens with one attached hydrogen (secondary N) is 1. The van der Waals surface area contributed by atoms with Crippen molar-refractivity contribution in [1.29, 1.82) is 0 Å². The summed E-state index contributed by atoms with van der Waals surface area (Å²) in [6.45, 7) is 2.89. The van der Waals surface area contributed by atoms with E-state index in [9.17, 15) is 13.2 Å². The monoisotopic (exact) mass is 366 g/mol. The van der Waals surface area contributed by atoms with E-state index in [1.54, 1.807) is 24.3 Å². The van der Waals surface area contributed by atoms with Gasteiger partial charge in [0.25, 0.3) is 5.91 Å². The number of hydrogen-bond donors (Lipinski definition) is 1. The molecular formula is C16H18N2O4S2. The van der Waals surface area contributed by atoms with Crippen molar-refractivity contribution in [3.63, 3.8) is 0 Å². The van der Waals surface area contributed by atoms with Gasteiger partial charge in [-0.2, -0.15) is 4.31 Å². The van der Waals surface area contributed by atoms with Crippen molar-refractivity contribution in [3.05, 3.63) is 46.7 Å². The highest BCUT2D eigenvalue weighted by molar-refractivity contribution is 7.89. The summed E-state index contributed by atoms with van der Waals surface area (Å²) in [5.41, 5.74) is 0.454. The molecule has 1 aromatic carbocycles. The lowest BCUT2D eigenvalue weighted by Gasteiger charge is -2.30. The summed E-state index contributed by atoms with van der Waals surface area (Å²) in [7, 11) is -3.60. The van der Waals surface area contributed by atoms with Crippen molar-refractivity contribution < 1.29 is 17.9 Å². The molecule has 1 unspecified atom stereocenters. The van der Waals surface area contributed by atoms with Gasteiger partial charge in [-0.1, -0.05) is 12.1 Å². The highest BCUT2D eigenvalue weighted by Crippen LogP contribution is 2.22. The number of amides is 1. The Hall–Kier alpha value is -1.74. The van der Waals surface area contributed by atoms with Crippen LogP contribution in [0.3, 0.4) is 0 Å². The third kappa shape index (κ3) is 3.67. The highest BCUT2D eigenvalue weighted by Gasteiger charge is 2.29. The molecule has 0 bridgehead atoms. The number of benzene rings is 1. The van der Waals surface area contributed by atoms with Crippen molar-refractivity contribution in [2.75, 3.05) is 25.0 Å². The maximum atomic E-state index is 12.8. The average Bonchev–Trinajstić information content (AvgIpc) is 3.10. The van der Waals surface area contributed by atoms with Crippen molar-refractivity contribution in [3.8, 4) is 0 Å². The lowest BCUT2D eigenvalue weighted by molar-refractivity contribution is 0.0102. The molecule has 0 radical (unpaired) electrons. The molecule has 3 rings (SSSR count). The van der Waals surface area contributed by atoms with Gasteiger partial charge >= 0.3 is 0 Å². The summed E-state index contributed by atoms with van der Waals surface area (Å²) in [5, 5.41) is 4.55. The van der Waals surface area contributed by atoms with E-state index >= 15 is 0 Å². The van der Waals surface area contributed by atoms with Gasteiger partial charge in [-0.05, 0) is 36.6 Å². The number of sulfonamides is 1. The second-order valence-corrected chi connectivity index (χ2v) is 8.39. The number of hydrogen-bond acceptors (Lipinski definition) is 5. The van der Waals surface area contributed by atoms with E-state index in [0.29, 0.717) is 30.3 Å². The Bertz CT molecular complexity index is 818. The van der Waals surface area contributed by atoms with Gasteiger partial charge in [-0.25, -0.2) is 8.42 Å². The van der Waals surface area contributed by atoms with Crippen LogP contribution < -0.4 is 5.32 Å². The standard InChI is InChI=1S/C16H18N2O4S2/c1-12-11-18(7-8-22-12)24(20,21)14-5-2-4-13(10-14)17-16(19)15-6-3-9-23-15/h2-6,9-10,12H,7-8,11H2,1H3,(H,17,19). The van der Waals surface area contributed by atoms with Gasteiger partial charge in [0.1, 0.15) is 0 Å². The van der Waals surface area contributed by atoms with E-state index in [-0.39, 0.29) is 16.9 Å². The zero-order valence-corrected chi connectivity index (χ0v) is 14.8. The molecule has 1 N–H and O–H groups in total. The van der Waals surface area contributed by atoms with Crippen LogP contribution in [0.25, 0.3) is 0 Å². The fourth-order valence-electron chi connectivity index (χ4n) is 2.49. The lowest BCUT2D eigenvalue weighted by Crippen LogP contribution is -2.44. The number of morpholine rings is 1. The zero-order chi connectivity index (χ0) is 17.2. The van der Waals surface area contributed by atoms with Crippen molar-refractivity contribution in [1.82, 2.24) is 4.31 Å². The Balaban J connectivity index is 1.80. The predicted molar refractivity (Wildman–Crippen MR) is 92.9 cm³/mol. The molecule has 2 aromatic rings. The maximum Gasteiger partial charge on any atom is 0.265 e. The molecule has 1 aliphatic heterocycles. The Labute approximate surface area is 145 Å². The third-order valence-electron chi connectivity index (χ3n) is 3.68. The van der Waals surface area contributed by atoms with Crippen LogP contribution in [-0.2, 0) is 14.8 Å². The molecule has 128 valence electrons. The van der Waals surface area contributed by atoms with Crippen LogP contribution in [0.2, 0.25) is 0 Å². The molecule has 0 spiro atoms. The van der Waals surface area contributed by atoms with E-state index in [2.05, 4.69) is 5.32 Å². The second kappa shape index (κ2) is 7.02. The second-order valence-electron chi connectivity index (χ2n) is 5.50. The van der Waals surface area contributed by atoms with Crippen LogP contribution in [0, 0.1) is 0 Å². The summed E-state index contributed by atoms with van der Waals surface area (Å²) in [5.74, 6) is -0.250. The summed E-state index contributed by atoms with van der Waals surface area (Å²) in [6.07, 6.45) is -0.129. The molecule has 1 aliphatic rings. The predicted octanol–water partition coefficient (Wildman–Crippen LogP) is 2.41. The molecule has 0 aliphatic carbocycles. The molecule has 1 atom stereocenters. The minimum absolute atomic E-state index is 0.129. The van der Waals surface area contributed by atoms with Crippen LogP contribution in [0.5, 0.6) is 0 Å². The van der Waals surface area contributed by atoms with Gasteiger partial charge in [0.15, 0.2) is 0 Å². The summed E-state index contributed by atoms with van der Waals surface area (Å²) in [4.78, 5) is 12.8. The van der Waals surface area contributed by atoms with Gasteiger partial charge < -0.3 is 10.1 Å². The molecule has 24 heavy (non-hydrogen) atoms. The van der Waals surface area contributed by atoms with Gasteiger partial charge in [-0.15, -0.1) is 11.3 Å². The van der Waals surface area contributed by atoms with Crippen molar-refractivity contribution in [2.24, 2.45) is 0 Å². The fourth-order valence-corrected chi connectivity index (χ4v) is 4.65. The highest BCUT2D eigenvalue weighted by atomic mass is 32.2. The van der Waals surface area contributed by atoms with E-state index in [1.807, 2.05) is 12.3 Å². The third-order valence-corrected chi connectivity index (χ3v) is 6.41. The molecule has 0 saturated carbocycles. The first-order valence-corrected chi connectivity index (χ1v) is 9.85. The van der Waals surface area contributed by atoms with Gasteiger partial charge in [0.05, 0.1) is 22.5 Å². The van der Waals surface area contributed by atoms with Crippen molar-refractivity contribution in [2.45, 2.75) is 17.9 Å². The van der Waals surface area contributed by atoms with E-state index in [1.165, 1.54) is 27.8 Å². The normalized spacial score (nSPS) is 19.1. The molecule has 8 heteroatoms.